The predicted molar refractivity (Wildman–Crippen MR) is 139 cm³/mol. The summed E-state index contributed by atoms with van der Waals surface area (Å²) >= 11 is 0. The molecule has 1 aliphatic heterocycles. The maximum absolute atomic E-state index is 13.2. The van der Waals surface area contributed by atoms with Crippen LogP contribution in [0.4, 0.5) is 0 Å². The highest BCUT2D eigenvalue weighted by Gasteiger charge is 2.50. The lowest BCUT2D eigenvalue weighted by Gasteiger charge is -2.57. The zero-order chi connectivity index (χ0) is 25.8. The fraction of sp³-hybridized carbons (Fsp3) is 0.759. The van der Waals surface area contributed by atoms with Gasteiger partial charge in [-0.2, -0.15) is 0 Å². The SMILES string of the molecule is COc1cc(C(=O)O[C@H](COCCC23CC4CC(CC(C4)C2)C3)CN2CCOCC2)cc(OC)c1OC. The van der Waals surface area contributed by atoms with Crippen molar-refractivity contribution in [1.82, 2.24) is 4.90 Å². The van der Waals surface area contributed by atoms with Gasteiger partial charge >= 0.3 is 5.97 Å². The monoisotopic (exact) mass is 517 g/mol. The lowest BCUT2D eigenvalue weighted by Crippen LogP contribution is -2.46. The number of hydrogen-bond donors (Lipinski definition) is 0. The van der Waals surface area contributed by atoms with E-state index in [-0.39, 0.29) is 6.10 Å². The molecule has 37 heavy (non-hydrogen) atoms. The van der Waals surface area contributed by atoms with Gasteiger partial charge in [-0.3, -0.25) is 4.90 Å². The van der Waals surface area contributed by atoms with Gasteiger partial charge in [0.2, 0.25) is 5.75 Å². The van der Waals surface area contributed by atoms with E-state index in [4.69, 9.17) is 28.4 Å². The van der Waals surface area contributed by atoms with Crippen molar-refractivity contribution in [3.05, 3.63) is 17.7 Å². The smallest absolute Gasteiger partial charge is 0.338 e. The van der Waals surface area contributed by atoms with Gasteiger partial charge < -0.3 is 28.4 Å². The number of morpholine rings is 1. The first-order valence-electron chi connectivity index (χ1n) is 13.9. The van der Waals surface area contributed by atoms with Crippen LogP contribution in [0.1, 0.15) is 55.3 Å². The third-order valence-corrected chi connectivity index (χ3v) is 8.99. The van der Waals surface area contributed by atoms with Crippen LogP contribution in [0.15, 0.2) is 12.1 Å². The van der Waals surface area contributed by atoms with E-state index in [1.165, 1.54) is 59.9 Å². The lowest BCUT2D eigenvalue weighted by molar-refractivity contribution is -0.0768. The van der Waals surface area contributed by atoms with E-state index in [1.54, 1.807) is 12.1 Å². The molecule has 6 rings (SSSR count). The molecular weight excluding hydrogens is 474 g/mol. The second-order valence-electron chi connectivity index (χ2n) is 11.6. The Morgan fingerprint density at radius 2 is 1.57 bits per heavy atom. The van der Waals surface area contributed by atoms with Gasteiger partial charge in [0.1, 0.15) is 6.10 Å². The summed E-state index contributed by atoms with van der Waals surface area (Å²) in [5.74, 6) is 3.69. The molecule has 0 spiro atoms. The molecule has 1 atom stereocenters. The van der Waals surface area contributed by atoms with Crippen LogP contribution in [0.25, 0.3) is 0 Å². The van der Waals surface area contributed by atoms with Gasteiger partial charge in [0, 0.05) is 26.2 Å². The van der Waals surface area contributed by atoms with E-state index in [2.05, 4.69) is 4.90 Å². The molecule has 0 N–H and O–H groups in total. The first-order valence-corrected chi connectivity index (χ1v) is 13.9. The van der Waals surface area contributed by atoms with Crippen LogP contribution in [-0.4, -0.2) is 84.4 Å². The minimum atomic E-state index is -0.429. The molecule has 206 valence electrons. The summed E-state index contributed by atoms with van der Waals surface area (Å²) < 4.78 is 34.0. The van der Waals surface area contributed by atoms with Crippen molar-refractivity contribution in [2.24, 2.45) is 23.2 Å². The lowest BCUT2D eigenvalue weighted by atomic mass is 9.49. The summed E-state index contributed by atoms with van der Waals surface area (Å²) in [6.45, 7) is 4.78. The number of ether oxygens (including phenoxy) is 6. The van der Waals surface area contributed by atoms with Crippen LogP contribution < -0.4 is 14.2 Å². The molecule has 1 aromatic carbocycles. The third kappa shape index (κ3) is 6.18. The predicted octanol–water partition coefficient (Wildman–Crippen LogP) is 4.19. The van der Waals surface area contributed by atoms with E-state index < -0.39 is 5.97 Å². The Hall–Kier alpha value is -2.03. The van der Waals surface area contributed by atoms with E-state index in [1.807, 2.05) is 0 Å². The summed E-state index contributed by atoms with van der Waals surface area (Å²) in [6.07, 6.45) is 9.28. The number of methoxy groups -OCH3 is 3. The maximum Gasteiger partial charge on any atom is 0.338 e. The summed E-state index contributed by atoms with van der Waals surface area (Å²) in [5, 5.41) is 0. The van der Waals surface area contributed by atoms with Crippen molar-refractivity contribution in [2.45, 2.75) is 51.0 Å². The molecule has 4 bridgehead atoms. The van der Waals surface area contributed by atoms with Crippen molar-refractivity contribution >= 4 is 5.97 Å². The average Bonchev–Trinajstić information content (AvgIpc) is 2.89. The molecule has 8 nitrogen and oxygen atoms in total. The van der Waals surface area contributed by atoms with Crippen molar-refractivity contribution in [3.63, 3.8) is 0 Å². The topological polar surface area (TPSA) is 75.7 Å². The minimum absolute atomic E-state index is 0.357. The molecule has 0 radical (unpaired) electrons. The number of nitrogens with zero attached hydrogens (tertiary/aromatic N) is 1. The summed E-state index contributed by atoms with van der Waals surface area (Å²) in [7, 11) is 4.61. The Kier molecular flexibility index (Phi) is 8.47. The normalized spacial score (nSPS) is 29.6. The van der Waals surface area contributed by atoms with Gasteiger partial charge in [0.15, 0.2) is 11.5 Å². The molecule has 4 saturated carbocycles. The first kappa shape index (κ1) is 26.6. The minimum Gasteiger partial charge on any atom is -0.493 e. The Morgan fingerprint density at radius 1 is 0.973 bits per heavy atom. The van der Waals surface area contributed by atoms with Crippen LogP contribution in [0, 0.1) is 23.2 Å². The fourth-order valence-corrected chi connectivity index (χ4v) is 7.71. The van der Waals surface area contributed by atoms with Crippen molar-refractivity contribution in [3.8, 4) is 17.2 Å². The highest BCUT2D eigenvalue weighted by Crippen LogP contribution is 2.61. The van der Waals surface area contributed by atoms with Crippen LogP contribution >= 0.6 is 0 Å². The maximum atomic E-state index is 13.2. The molecule has 0 aromatic heterocycles. The van der Waals surface area contributed by atoms with Crippen molar-refractivity contribution < 1.29 is 33.2 Å². The highest BCUT2D eigenvalue weighted by molar-refractivity contribution is 5.91. The van der Waals surface area contributed by atoms with Gasteiger partial charge in [-0.1, -0.05) is 0 Å². The number of hydrogen-bond acceptors (Lipinski definition) is 8. The standard InChI is InChI=1S/C29H43NO7/c1-32-25-13-23(14-26(33-2)27(25)34-3)28(31)37-24(18-30-5-8-35-9-6-30)19-36-7-4-29-15-20-10-21(16-29)12-22(11-20)17-29/h13-14,20-22,24H,4-12,15-19H2,1-3H3/t20?,21?,22?,24-,29?/m0/s1. The molecule has 0 amide bonds. The van der Waals surface area contributed by atoms with Crippen LogP contribution in [0.3, 0.4) is 0 Å². The van der Waals surface area contributed by atoms with E-state index >= 15 is 0 Å². The number of carbonyl (C=O) groups excluding carboxylic acids is 1. The Balaban J connectivity index is 1.20. The fourth-order valence-electron chi connectivity index (χ4n) is 7.71. The Bertz CT molecular complexity index is 869. The molecule has 5 fully saturated rings. The quantitative estimate of drug-likeness (QED) is 0.302. The largest absolute Gasteiger partial charge is 0.493 e. The third-order valence-electron chi connectivity index (χ3n) is 8.99. The van der Waals surface area contributed by atoms with Gasteiger partial charge in [-0.25, -0.2) is 4.79 Å². The number of rotatable bonds is 12. The Morgan fingerprint density at radius 3 is 2.11 bits per heavy atom. The molecule has 8 heteroatoms. The van der Waals surface area contributed by atoms with E-state index in [0.717, 1.165) is 43.9 Å². The average molecular weight is 518 g/mol. The molecule has 4 aliphatic carbocycles. The molecule has 0 unspecified atom stereocenters. The number of esters is 1. The van der Waals surface area contributed by atoms with Crippen molar-refractivity contribution in [1.29, 1.82) is 0 Å². The zero-order valence-corrected chi connectivity index (χ0v) is 22.7. The molecular formula is C29H43NO7. The molecule has 1 saturated heterocycles. The van der Waals surface area contributed by atoms with Crippen LogP contribution in [0.2, 0.25) is 0 Å². The van der Waals surface area contributed by atoms with Crippen molar-refractivity contribution in [2.75, 3.05) is 67.4 Å². The second-order valence-corrected chi connectivity index (χ2v) is 11.6. The molecule has 1 aromatic rings. The zero-order valence-electron chi connectivity index (χ0n) is 22.7. The van der Waals surface area contributed by atoms with Gasteiger partial charge in [0.05, 0.1) is 46.7 Å². The highest BCUT2D eigenvalue weighted by atomic mass is 16.6. The van der Waals surface area contributed by atoms with E-state index in [0.29, 0.717) is 54.6 Å². The summed E-state index contributed by atoms with van der Waals surface area (Å²) in [6, 6.07) is 3.26. The van der Waals surface area contributed by atoms with Crippen LogP contribution in [-0.2, 0) is 14.2 Å². The second kappa shape index (κ2) is 11.8. The number of carbonyl (C=O) groups is 1. The van der Waals surface area contributed by atoms with Gasteiger partial charge in [-0.15, -0.1) is 0 Å². The molecule has 5 aliphatic rings. The molecule has 1 heterocycles. The van der Waals surface area contributed by atoms with Gasteiger partial charge in [-0.05, 0) is 80.2 Å². The van der Waals surface area contributed by atoms with Crippen LogP contribution in [0.5, 0.6) is 17.2 Å². The summed E-state index contributed by atoms with van der Waals surface area (Å²) in [5.41, 5.74) is 0.844. The van der Waals surface area contributed by atoms with E-state index in [9.17, 15) is 4.79 Å². The number of benzene rings is 1. The Labute approximate surface area is 220 Å². The van der Waals surface area contributed by atoms with Gasteiger partial charge in [0.25, 0.3) is 0 Å². The summed E-state index contributed by atoms with van der Waals surface area (Å²) in [4.78, 5) is 15.5. The first-order chi connectivity index (χ1) is 18.0.